The summed E-state index contributed by atoms with van der Waals surface area (Å²) in [4.78, 5) is 4.23. The molecule has 0 atom stereocenters. The van der Waals surface area contributed by atoms with E-state index in [2.05, 4.69) is 27.0 Å². The highest BCUT2D eigenvalue weighted by molar-refractivity contribution is 9.10. The van der Waals surface area contributed by atoms with E-state index in [1.807, 2.05) is 49.4 Å². The Balaban J connectivity index is 1.93. The van der Waals surface area contributed by atoms with Crippen LogP contribution >= 0.6 is 15.9 Å². The summed E-state index contributed by atoms with van der Waals surface area (Å²) in [5, 5.41) is 2.27. The van der Waals surface area contributed by atoms with Crippen molar-refractivity contribution in [3.63, 3.8) is 0 Å². The zero-order valence-corrected chi connectivity index (χ0v) is 13.1. The highest BCUT2D eigenvalue weighted by Crippen LogP contribution is 2.31. The van der Waals surface area contributed by atoms with E-state index in [0.717, 1.165) is 21.0 Å². The monoisotopic (exact) mass is 343 g/mol. The van der Waals surface area contributed by atoms with E-state index in [9.17, 15) is 0 Å². The van der Waals surface area contributed by atoms with Gasteiger partial charge in [-0.25, -0.2) is 4.98 Å². The zero-order valence-electron chi connectivity index (χ0n) is 11.5. The third-order valence-electron chi connectivity index (χ3n) is 3.02. The molecule has 0 bridgehead atoms. The number of nitrogens with zero attached hydrogens (tertiary/aromatic N) is 1. The number of hydrogen-bond donors (Lipinski definition) is 0. The minimum absolute atomic E-state index is 0.482. The topological polar surface area (TPSA) is 31.4 Å². The van der Waals surface area contributed by atoms with E-state index in [0.29, 0.717) is 18.2 Å². The molecule has 1 aromatic heterocycles. The van der Waals surface area contributed by atoms with E-state index in [-0.39, 0.29) is 0 Å². The molecule has 3 nitrogen and oxygen atoms in total. The van der Waals surface area contributed by atoms with Crippen molar-refractivity contribution in [1.29, 1.82) is 0 Å². The summed E-state index contributed by atoms with van der Waals surface area (Å²) in [5.41, 5.74) is 0. The second kappa shape index (κ2) is 6.14. The van der Waals surface area contributed by atoms with E-state index in [1.54, 1.807) is 6.20 Å². The molecular weight excluding hydrogens is 330 g/mol. The lowest BCUT2D eigenvalue weighted by molar-refractivity contribution is 0.316. The van der Waals surface area contributed by atoms with Crippen LogP contribution in [0.5, 0.6) is 17.4 Å². The van der Waals surface area contributed by atoms with Gasteiger partial charge in [0.25, 0.3) is 5.88 Å². The van der Waals surface area contributed by atoms with E-state index < -0.39 is 0 Å². The van der Waals surface area contributed by atoms with Crippen molar-refractivity contribution < 1.29 is 9.47 Å². The Labute approximate surface area is 131 Å². The normalized spacial score (nSPS) is 10.6. The Morgan fingerprint density at radius 1 is 1.05 bits per heavy atom. The van der Waals surface area contributed by atoms with E-state index >= 15 is 0 Å². The van der Waals surface area contributed by atoms with Gasteiger partial charge in [0, 0.05) is 10.7 Å². The first-order valence-electron chi connectivity index (χ1n) is 6.71. The molecule has 0 N–H and O–H groups in total. The molecular formula is C17H14BrNO2. The Morgan fingerprint density at radius 2 is 1.86 bits per heavy atom. The van der Waals surface area contributed by atoms with Crippen molar-refractivity contribution >= 4 is 26.7 Å². The van der Waals surface area contributed by atoms with Gasteiger partial charge < -0.3 is 9.47 Å². The minimum Gasteiger partial charge on any atom is -0.488 e. The predicted octanol–water partition coefficient (Wildman–Crippen LogP) is 5.19. The van der Waals surface area contributed by atoms with Crippen LogP contribution in [0.4, 0.5) is 0 Å². The molecule has 3 aromatic rings. The van der Waals surface area contributed by atoms with Gasteiger partial charge in [0.2, 0.25) is 0 Å². The largest absolute Gasteiger partial charge is 0.488 e. The average Bonchev–Trinajstić information content (AvgIpc) is 2.50. The Hall–Kier alpha value is -2.07. The molecule has 0 fully saturated rings. The van der Waals surface area contributed by atoms with Gasteiger partial charge in [-0.2, -0.15) is 0 Å². The maximum Gasteiger partial charge on any atom is 0.262 e. The lowest BCUT2D eigenvalue weighted by Gasteiger charge is -2.10. The Morgan fingerprint density at radius 3 is 2.71 bits per heavy atom. The number of hydrogen-bond acceptors (Lipinski definition) is 3. The molecule has 2 aromatic carbocycles. The van der Waals surface area contributed by atoms with Crippen LogP contribution in [0.2, 0.25) is 0 Å². The lowest BCUT2D eigenvalue weighted by Crippen LogP contribution is -1.96. The number of rotatable bonds is 4. The fraction of sp³-hybridized carbons (Fsp3) is 0.118. The molecule has 0 saturated carbocycles. The van der Waals surface area contributed by atoms with Crippen molar-refractivity contribution in [2.75, 3.05) is 6.61 Å². The number of fused-ring (bicyclic) bond motifs is 1. The van der Waals surface area contributed by atoms with Crippen LogP contribution < -0.4 is 9.47 Å². The van der Waals surface area contributed by atoms with Gasteiger partial charge in [-0.15, -0.1) is 0 Å². The molecule has 0 spiro atoms. The highest BCUT2D eigenvalue weighted by atomic mass is 79.9. The van der Waals surface area contributed by atoms with Crippen LogP contribution in [0.3, 0.4) is 0 Å². The highest BCUT2D eigenvalue weighted by Gasteiger charge is 2.07. The summed E-state index contributed by atoms with van der Waals surface area (Å²) in [6, 6.07) is 15.8. The van der Waals surface area contributed by atoms with Crippen LogP contribution in [0.15, 0.2) is 59.2 Å². The molecule has 1 heterocycles. The van der Waals surface area contributed by atoms with Gasteiger partial charge in [0.1, 0.15) is 5.75 Å². The lowest BCUT2D eigenvalue weighted by atomic mass is 10.1. The fourth-order valence-electron chi connectivity index (χ4n) is 2.09. The van der Waals surface area contributed by atoms with Gasteiger partial charge in [0.05, 0.1) is 6.61 Å². The number of pyridine rings is 1. The van der Waals surface area contributed by atoms with Crippen LogP contribution in [0, 0.1) is 0 Å². The van der Waals surface area contributed by atoms with E-state index in [1.165, 1.54) is 0 Å². The predicted molar refractivity (Wildman–Crippen MR) is 87.1 cm³/mol. The fourth-order valence-corrected chi connectivity index (χ4v) is 2.47. The Bertz CT molecular complexity index is 774. The van der Waals surface area contributed by atoms with Crippen molar-refractivity contribution in [1.82, 2.24) is 4.98 Å². The smallest absolute Gasteiger partial charge is 0.262 e. The first kappa shape index (κ1) is 13.9. The van der Waals surface area contributed by atoms with Gasteiger partial charge in [-0.3, -0.25) is 0 Å². The van der Waals surface area contributed by atoms with Crippen molar-refractivity contribution in [3.05, 3.63) is 59.2 Å². The summed E-state index contributed by atoms with van der Waals surface area (Å²) in [6.07, 6.45) is 1.69. The summed E-state index contributed by atoms with van der Waals surface area (Å²) < 4.78 is 12.4. The molecule has 0 amide bonds. The number of ether oxygens (including phenoxy) is 2. The molecule has 4 heteroatoms. The van der Waals surface area contributed by atoms with E-state index in [4.69, 9.17) is 9.47 Å². The molecule has 0 aliphatic rings. The van der Waals surface area contributed by atoms with Crippen LogP contribution in [0.1, 0.15) is 6.92 Å². The van der Waals surface area contributed by atoms with Gasteiger partial charge in [0.15, 0.2) is 5.75 Å². The van der Waals surface area contributed by atoms with Crippen molar-refractivity contribution in [2.24, 2.45) is 0 Å². The minimum atomic E-state index is 0.482. The first-order valence-corrected chi connectivity index (χ1v) is 7.50. The average molecular weight is 344 g/mol. The molecule has 0 aliphatic carbocycles. The summed E-state index contributed by atoms with van der Waals surface area (Å²) in [5.74, 6) is 1.87. The summed E-state index contributed by atoms with van der Waals surface area (Å²) >= 11 is 3.47. The molecule has 0 aliphatic heterocycles. The summed E-state index contributed by atoms with van der Waals surface area (Å²) in [6.45, 7) is 2.51. The second-order valence-electron chi connectivity index (χ2n) is 4.50. The number of halogens is 1. The molecule has 21 heavy (non-hydrogen) atoms. The van der Waals surface area contributed by atoms with Crippen LogP contribution in [0.25, 0.3) is 10.8 Å². The van der Waals surface area contributed by atoms with Crippen molar-refractivity contribution in [3.8, 4) is 17.4 Å². The Kier molecular flexibility index (Phi) is 4.06. The van der Waals surface area contributed by atoms with Gasteiger partial charge in [-0.1, -0.05) is 28.1 Å². The standard InChI is InChI=1S/C17H14BrNO2/c1-2-20-16-4-3-9-19-17(16)21-15-8-6-12-10-14(18)7-5-13(12)11-15/h3-11H,2H2,1H3. The molecule has 106 valence electrons. The number of aromatic nitrogens is 1. The van der Waals surface area contributed by atoms with Crippen LogP contribution in [-0.2, 0) is 0 Å². The maximum absolute atomic E-state index is 5.85. The molecule has 0 radical (unpaired) electrons. The van der Waals surface area contributed by atoms with Crippen molar-refractivity contribution in [2.45, 2.75) is 6.92 Å². The second-order valence-corrected chi connectivity index (χ2v) is 5.41. The third-order valence-corrected chi connectivity index (χ3v) is 3.52. The zero-order chi connectivity index (χ0) is 14.7. The maximum atomic E-state index is 5.85. The first-order chi connectivity index (χ1) is 10.3. The molecule has 0 unspecified atom stereocenters. The number of benzene rings is 2. The third kappa shape index (κ3) is 3.16. The summed E-state index contributed by atoms with van der Waals surface area (Å²) in [7, 11) is 0. The quantitative estimate of drug-likeness (QED) is 0.653. The molecule has 3 rings (SSSR count). The van der Waals surface area contributed by atoms with Gasteiger partial charge in [-0.05, 0) is 54.1 Å². The SMILES string of the molecule is CCOc1cccnc1Oc1ccc2cc(Br)ccc2c1. The molecule has 0 saturated heterocycles. The van der Waals surface area contributed by atoms with Gasteiger partial charge >= 0.3 is 0 Å². The van der Waals surface area contributed by atoms with Crippen LogP contribution in [-0.4, -0.2) is 11.6 Å².